The number of carbonyl (C=O) groups is 3. The second kappa shape index (κ2) is 9.53. The minimum atomic E-state index is -3.95. The van der Waals surface area contributed by atoms with E-state index in [-0.39, 0.29) is 16.3 Å². The first-order chi connectivity index (χ1) is 15.6. The summed E-state index contributed by atoms with van der Waals surface area (Å²) in [5.74, 6) is -1.35. The molecule has 0 atom stereocenters. The summed E-state index contributed by atoms with van der Waals surface area (Å²) in [4.78, 5) is 35.8. The Morgan fingerprint density at radius 2 is 1.45 bits per heavy atom. The normalized spacial score (nSPS) is 10.9. The minimum Gasteiger partial charge on any atom is -0.479 e. The molecule has 0 aliphatic rings. The van der Waals surface area contributed by atoms with Crippen LogP contribution in [0.15, 0.2) is 59.6 Å². The molecule has 3 aromatic rings. The molecular weight excluding hydrogens is 450 g/mol. The zero-order valence-electron chi connectivity index (χ0n) is 17.9. The van der Waals surface area contributed by atoms with E-state index in [4.69, 9.17) is 4.74 Å². The van der Waals surface area contributed by atoms with Crippen molar-refractivity contribution in [2.75, 3.05) is 17.7 Å². The Kier molecular flexibility index (Phi) is 6.78. The SMILES string of the molecule is COc1nn(C)cc1C(=O)Nc1ccc(C(=O)Nc2ccc(S(=O)(=O)NC(C)=O)cc2)cc1. The number of methoxy groups -OCH3 is 1. The molecule has 1 aromatic heterocycles. The number of hydrogen-bond donors (Lipinski definition) is 3. The van der Waals surface area contributed by atoms with Crippen LogP contribution in [0.3, 0.4) is 0 Å². The Labute approximate surface area is 189 Å². The highest BCUT2D eigenvalue weighted by molar-refractivity contribution is 7.90. The molecule has 0 saturated carbocycles. The molecule has 0 radical (unpaired) electrons. The van der Waals surface area contributed by atoms with Gasteiger partial charge >= 0.3 is 0 Å². The summed E-state index contributed by atoms with van der Waals surface area (Å²) in [6.07, 6.45) is 1.53. The first-order valence-electron chi connectivity index (χ1n) is 9.53. The summed E-state index contributed by atoms with van der Waals surface area (Å²) in [6, 6.07) is 11.5. The molecule has 11 nitrogen and oxygen atoms in total. The summed E-state index contributed by atoms with van der Waals surface area (Å²) in [5, 5.41) is 9.38. The number of ether oxygens (including phenoxy) is 1. The third kappa shape index (κ3) is 5.74. The number of aromatic nitrogens is 2. The molecule has 0 bridgehead atoms. The van der Waals surface area contributed by atoms with Crippen LogP contribution in [-0.4, -0.2) is 43.0 Å². The number of sulfonamides is 1. The lowest BCUT2D eigenvalue weighted by Crippen LogP contribution is -2.28. The number of amides is 3. The van der Waals surface area contributed by atoms with E-state index in [1.165, 1.54) is 54.4 Å². The Bertz CT molecular complexity index is 1300. The van der Waals surface area contributed by atoms with Gasteiger partial charge in [-0.2, -0.15) is 0 Å². The van der Waals surface area contributed by atoms with Crippen molar-refractivity contribution in [3.63, 3.8) is 0 Å². The Morgan fingerprint density at radius 1 is 0.909 bits per heavy atom. The molecule has 0 aliphatic heterocycles. The van der Waals surface area contributed by atoms with Crippen molar-refractivity contribution in [3.8, 4) is 5.88 Å². The van der Waals surface area contributed by atoms with E-state index in [9.17, 15) is 22.8 Å². The maximum absolute atomic E-state index is 12.5. The maximum Gasteiger partial charge on any atom is 0.264 e. The molecule has 1 heterocycles. The molecular formula is C21H21N5O6S. The number of benzene rings is 2. The van der Waals surface area contributed by atoms with E-state index in [2.05, 4.69) is 15.7 Å². The predicted octanol–water partition coefficient (Wildman–Crippen LogP) is 1.76. The van der Waals surface area contributed by atoms with Gasteiger partial charge in [-0.1, -0.05) is 0 Å². The first kappa shape index (κ1) is 23.5. The highest BCUT2D eigenvalue weighted by Crippen LogP contribution is 2.19. The van der Waals surface area contributed by atoms with Crippen molar-refractivity contribution in [3.05, 3.63) is 65.9 Å². The van der Waals surface area contributed by atoms with Gasteiger partial charge in [0.15, 0.2) is 0 Å². The molecule has 0 aliphatic carbocycles. The quantitative estimate of drug-likeness (QED) is 0.475. The predicted molar refractivity (Wildman–Crippen MR) is 120 cm³/mol. The third-order valence-electron chi connectivity index (χ3n) is 4.34. The highest BCUT2D eigenvalue weighted by atomic mass is 32.2. The monoisotopic (exact) mass is 471 g/mol. The molecule has 0 spiro atoms. The zero-order chi connectivity index (χ0) is 24.2. The fourth-order valence-corrected chi connectivity index (χ4v) is 3.84. The lowest BCUT2D eigenvalue weighted by molar-refractivity contribution is -0.117. The number of anilines is 2. The van der Waals surface area contributed by atoms with Gasteiger partial charge in [0.1, 0.15) is 5.56 Å². The van der Waals surface area contributed by atoms with Crippen molar-refractivity contribution in [1.29, 1.82) is 0 Å². The fraction of sp³-hybridized carbons (Fsp3) is 0.143. The van der Waals surface area contributed by atoms with Crippen molar-refractivity contribution in [2.24, 2.45) is 7.05 Å². The number of nitrogens with one attached hydrogen (secondary N) is 3. The number of aryl methyl sites for hydroxylation is 1. The second-order valence-electron chi connectivity index (χ2n) is 6.90. The molecule has 0 unspecified atom stereocenters. The average Bonchev–Trinajstić information content (AvgIpc) is 3.14. The molecule has 2 aromatic carbocycles. The van der Waals surface area contributed by atoms with Gasteiger partial charge in [-0.15, -0.1) is 5.10 Å². The fourth-order valence-electron chi connectivity index (χ4n) is 2.85. The molecule has 0 fully saturated rings. The summed E-state index contributed by atoms with van der Waals surface area (Å²) in [5.41, 5.74) is 1.42. The summed E-state index contributed by atoms with van der Waals surface area (Å²) in [6.45, 7) is 1.10. The smallest absolute Gasteiger partial charge is 0.264 e. The number of nitrogens with zero attached hydrogens (tertiary/aromatic N) is 2. The van der Waals surface area contributed by atoms with Crippen molar-refractivity contribution >= 4 is 39.1 Å². The topological polar surface area (TPSA) is 148 Å². The van der Waals surface area contributed by atoms with E-state index in [1.54, 1.807) is 19.2 Å². The van der Waals surface area contributed by atoms with Crippen LogP contribution in [0.2, 0.25) is 0 Å². The van der Waals surface area contributed by atoms with Crippen LogP contribution in [0.4, 0.5) is 11.4 Å². The molecule has 12 heteroatoms. The van der Waals surface area contributed by atoms with E-state index >= 15 is 0 Å². The molecule has 3 amide bonds. The van der Waals surface area contributed by atoms with E-state index in [1.807, 2.05) is 4.72 Å². The van der Waals surface area contributed by atoms with Crippen LogP contribution in [-0.2, 0) is 21.9 Å². The van der Waals surface area contributed by atoms with Crippen LogP contribution in [0.25, 0.3) is 0 Å². The Morgan fingerprint density at radius 3 is 2.00 bits per heavy atom. The van der Waals surface area contributed by atoms with Gasteiger partial charge in [0.25, 0.3) is 21.8 Å². The van der Waals surface area contributed by atoms with Gasteiger partial charge in [-0.3, -0.25) is 19.1 Å². The van der Waals surface area contributed by atoms with Crippen LogP contribution in [0.1, 0.15) is 27.6 Å². The van der Waals surface area contributed by atoms with Gasteiger partial charge in [-0.25, -0.2) is 13.1 Å². The van der Waals surface area contributed by atoms with Crippen LogP contribution in [0.5, 0.6) is 5.88 Å². The minimum absolute atomic E-state index is 0.110. The number of carbonyl (C=O) groups excluding carboxylic acids is 3. The largest absolute Gasteiger partial charge is 0.479 e. The lowest BCUT2D eigenvalue weighted by Gasteiger charge is -2.09. The molecule has 172 valence electrons. The van der Waals surface area contributed by atoms with E-state index < -0.39 is 27.7 Å². The van der Waals surface area contributed by atoms with Crippen LogP contribution >= 0.6 is 0 Å². The van der Waals surface area contributed by atoms with Gasteiger partial charge in [-0.05, 0) is 48.5 Å². The highest BCUT2D eigenvalue weighted by Gasteiger charge is 2.17. The van der Waals surface area contributed by atoms with Crippen molar-refractivity contribution < 1.29 is 27.5 Å². The van der Waals surface area contributed by atoms with Crippen LogP contribution < -0.4 is 20.1 Å². The zero-order valence-corrected chi connectivity index (χ0v) is 18.8. The standard InChI is InChI=1S/C21H21N5O6S/c1-13(27)25-33(30,31)17-10-8-16(9-11-17)22-19(28)14-4-6-15(7-5-14)23-20(29)18-12-26(2)24-21(18)32-3/h4-12H,1-3H3,(H,22,28)(H,23,29)(H,25,27). The van der Waals surface area contributed by atoms with Crippen LogP contribution in [0, 0.1) is 0 Å². The van der Waals surface area contributed by atoms with E-state index in [0.717, 1.165) is 6.92 Å². The summed E-state index contributed by atoms with van der Waals surface area (Å²) >= 11 is 0. The average molecular weight is 471 g/mol. The van der Waals surface area contributed by atoms with E-state index in [0.29, 0.717) is 16.9 Å². The number of hydrogen-bond acceptors (Lipinski definition) is 7. The first-order valence-corrected chi connectivity index (χ1v) is 11.0. The summed E-state index contributed by atoms with van der Waals surface area (Å²) in [7, 11) is -0.867. The molecule has 3 rings (SSSR count). The van der Waals surface area contributed by atoms with Gasteiger partial charge < -0.3 is 15.4 Å². The molecule has 3 N–H and O–H groups in total. The Balaban J connectivity index is 1.64. The van der Waals surface area contributed by atoms with Gasteiger partial charge in [0, 0.05) is 37.1 Å². The molecule has 33 heavy (non-hydrogen) atoms. The second-order valence-corrected chi connectivity index (χ2v) is 8.58. The van der Waals surface area contributed by atoms with Gasteiger partial charge in [0.2, 0.25) is 11.8 Å². The van der Waals surface area contributed by atoms with Crippen molar-refractivity contribution in [1.82, 2.24) is 14.5 Å². The maximum atomic E-state index is 12.5. The Hall–Kier alpha value is -4.19. The van der Waals surface area contributed by atoms with Crippen molar-refractivity contribution in [2.45, 2.75) is 11.8 Å². The molecule has 0 saturated heterocycles. The lowest BCUT2D eigenvalue weighted by atomic mass is 10.2. The van der Waals surface area contributed by atoms with Gasteiger partial charge in [0.05, 0.1) is 12.0 Å². The summed E-state index contributed by atoms with van der Waals surface area (Å²) < 4.78 is 32.3. The third-order valence-corrected chi connectivity index (χ3v) is 5.79. The number of rotatable bonds is 7.